The van der Waals surface area contributed by atoms with Gasteiger partial charge in [-0.15, -0.1) is 5.10 Å². The van der Waals surface area contributed by atoms with Crippen LogP contribution in [0.1, 0.15) is 57.6 Å². The molecule has 4 rings (SSSR count). The third-order valence-electron chi connectivity index (χ3n) is 7.85. The highest BCUT2D eigenvalue weighted by Gasteiger charge is 2.29. The van der Waals surface area contributed by atoms with Crippen molar-refractivity contribution in [3.63, 3.8) is 0 Å². The van der Waals surface area contributed by atoms with Crippen molar-refractivity contribution >= 4 is 24.4 Å². The maximum atomic E-state index is 14.3. The average molecular weight is 629 g/mol. The molecule has 0 aliphatic heterocycles. The van der Waals surface area contributed by atoms with Crippen molar-refractivity contribution in [3.05, 3.63) is 83.9 Å². The van der Waals surface area contributed by atoms with Crippen molar-refractivity contribution < 1.29 is 14.7 Å². The summed E-state index contributed by atoms with van der Waals surface area (Å²) in [5, 5.41) is 27.2. The van der Waals surface area contributed by atoms with Crippen molar-refractivity contribution in [2.24, 2.45) is 11.8 Å². The SMILES string of the molecule is CCCCCN(Cc1ccc(-c2ccccc2-c2nnn[nH]2)cc1)C(=O)[C@H](Cc1ccc(O)cc1)NC(=O)C(CS)CC(C)C. The fourth-order valence-corrected chi connectivity index (χ4v) is 5.77. The Hall–Kier alpha value is -4.18. The summed E-state index contributed by atoms with van der Waals surface area (Å²) in [6.45, 7) is 7.29. The molecule has 0 aliphatic carbocycles. The van der Waals surface area contributed by atoms with Gasteiger partial charge in [0.2, 0.25) is 11.8 Å². The fourth-order valence-electron chi connectivity index (χ4n) is 5.46. The number of phenolic OH excluding ortho intramolecular Hbond substituents is 1. The molecule has 9 nitrogen and oxygen atoms in total. The van der Waals surface area contributed by atoms with E-state index in [2.05, 4.69) is 59.3 Å². The number of benzene rings is 3. The van der Waals surface area contributed by atoms with E-state index in [1.54, 1.807) is 24.3 Å². The van der Waals surface area contributed by atoms with E-state index in [1.807, 2.05) is 53.4 Å². The van der Waals surface area contributed by atoms with E-state index in [9.17, 15) is 14.7 Å². The lowest BCUT2D eigenvalue weighted by Gasteiger charge is -2.29. The zero-order valence-electron chi connectivity index (χ0n) is 26.3. The first-order valence-electron chi connectivity index (χ1n) is 15.7. The van der Waals surface area contributed by atoms with Gasteiger partial charge in [0.05, 0.1) is 0 Å². The number of phenols is 1. The number of carbonyl (C=O) groups excluding carboxylic acids is 2. The Morgan fingerprint density at radius 2 is 1.64 bits per heavy atom. The molecule has 10 heteroatoms. The number of aromatic hydroxyl groups is 1. The largest absolute Gasteiger partial charge is 0.508 e. The fraction of sp³-hybridized carbons (Fsp3) is 0.400. The van der Waals surface area contributed by atoms with Crippen LogP contribution in [-0.4, -0.2) is 60.8 Å². The Bertz CT molecular complexity index is 1490. The molecule has 4 aromatic rings. The molecule has 1 unspecified atom stereocenters. The molecule has 0 bridgehead atoms. The van der Waals surface area contributed by atoms with Gasteiger partial charge in [0.15, 0.2) is 5.82 Å². The molecule has 0 saturated carbocycles. The number of H-pyrrole nitrogens is 1. The molecule has 2 amide bonds. The highest BCUT2D eigenvalue weighted by atomic mass is 32.1. The number of rotatable bonds is 16. The number of carbonyl (C=O) groups is 2. The number of thiol groups is 1. The van der Waals surface area contributed by atoms with E-state index in [0.29, 0.717) is 43.4 Å². The lowest BCUT2D eigenvalue weighted by Crippen LogP contribution is -2.51. The number of nitrogens with one attached hydrogen (secondary N) is 2. The maximum absolute atomic E-state index is 14.3. The standard InChI is InChI=1S/C35H44N6O3S/c1-4-5-8-19-41(22-26-11-15-27(16-12-26)30-9-6-7-10-31(30)33-37-39-40-38-33)35(44)32(21-25-13-17-29(42)18-14-25)36-34(43)28(23-45)20-24(2)3/h6-7,9-18,24,28,32,42,45H,4-5,8,19-23H2,1-3H3,(H,36,43)(H,37,38,39,40)/t28?,32-/m0/s1. The molecule has 0 radical (unpaired) electrons. The molecule has 3 aromatic carbocycles. The van der Waals surface area contributed by atoms with Gasteiger partial charge in [0, 0.05) is 36.7 Å². The second-order valence-corrected chi connectivity index (χ2v) is 12.3. The Balaban J connectivity index is 1.58. The van der Waals surface area contributed by atoms with E-state index in [-0.39, 0.29) is 23.5 Å². The summed E-state index contributed by atoms with van der Waals surface area (Å²) in [6, 6.07) is 22.1. The van der Waals surface area contributed by atoms with Crippen molar-refractivity contribution in [2.75, 3.05) is 12.3 Å². The van der Waals surface area contributed by atoms with Gasteiger partial charge in [-0.1, -0.05) is 94.3 Å². The molecule has 238 valence electrons. The van der Waals surface area contributed by atoms with Gasteiger partial charge in [-0.3, -0.25) is 9.59 Å². The summed E-state index contributed by atoms with van der Waals surface area (Å²) in [4.78, 5) is 29.5. The van der Waals surface area contributed by atoms with Crippen LogP contribution >= 0.6 is 12.6 Å². The average Bonchev–Trinajstić information content (AvgIpc) is 3.59. The quantitative estimate of drug-likeness (QED) is 0.0881. The monoisotopic (exact) mass is 628 g/mol. The van der Waals surface area contributed by atoms with Crippen LogP contribution in [0, 0.1) is 11.8 Å². The zero-order valence-corrected chi connectivity index (χ0v) is 27.2. The van der Waals surface area contributed by atoms with Crippen molar-refractivity contribution in [1.82, 2.24) is 30.8 Å². The molecular formula is C35H44N6O3S. The third kappa shape index (κ3) is 9.65. The minimum Gasteiger partial charge on any atom is -0.508 e. The molecular weight excluding hydrogens is 584 g/mol. The van der Waals surface area contributed by atoms with Crippen molar-refractivity contribution in [1.29, 1.82) is 0 Å². The molecule has 0 saturated heterocycles. The molecule has 0 fully saturated rings. The molecule has 0 aliphatic rings. The van der Waals surface area contributed by atoms with Gasteiger partial charge in [-0.2, -0.15) is 12.6 Å². The molecule has 1 heterocycles. The summed E-state index contributed by atoms with van der Waals surface area (Å²) in [5.41, 5.74) is 4.75. The van der Waals surface area contributed by atoms with E-state index < -0.39 is 6.04 Å². The second kappa shape index (κ2) is 16.8. The summed E-state index contributed by atoms with van der Waals surface area (Å²) in [7, 11) is 0. The lowest BCUT2D eigenvalue weighted by atomic mass is 9.96. The summed E-state index contributed by atoms with van der Waals surface area (Å²) < 4.78 is 0. The number of hydrogen-bond donors (Lipinski definition) is 4. The molecule has 3 N–H and O–H groups in total. The first-order chi connectivity index (χ1) is 21.8. The first-order valence-corrected chi connectivity index (χ1v) is 16.3. The Morgan fingerprint density at radius 1 is 0.956 bits per heavy atom. The van der Waals surface area contributed by atoms with E-state index in [0.717, 1.165) is 47.1 Å². The minimum atomic E-state index is -0.750. The van der Waals surface area contributed by atoms with Gasteiger partial charge in [0.1, 0.15) is 11.8 Å². The smallest absolute Gasteiger partial charge is 0.245 e. The van der Waals surface area contributed by atoms with Gasteiger partial charge in [-0.05, 0) is 63.6 Å². The van der Waals surface area contributed by atoms with E-state index >= 15 is 0 Å². The van der Waals surface area contributed by atoms with Crippen LogP contribution in [0.2, 0.25) is 0 Å². The van der Waals surface area contributed by atoms with Gasteiger partial charge in [-0.25, -0.2) is 5.10 Å². The number of aromatic nitrogens is 4. The zero-order chi connectivity index (χ0) is 32.2. The van der Waals surface area contributed by atoms with Crippen LogP contribution in [0.25, 0.3) is 22.5 Å². The van der Waals surface area contributed by atoms with Crippen LogP contribution in [-0.2, 0) is 22.6 Å². The van der Waals surface area contributed by atoms with Crippen LogP contribution in [0.15, 0.2) is 72.8 Å². The van der Waals surface area contributed by atoms with E-state index in [1.165, 1.54) is 0 Å². The molecule has 45 heavy (non-hydrogen) atoms. The van der Waals surface area contributed by atoms with Crippen LogP contribution < -0.4 is 5.32 Å². The summed E-state index contributed by atoms with van der Waals surface area (Å²) >= 11 is 4.44. The van der Waals surface area contributed by atoms with Crippen LogP contribution in [0.5, 0.6) is 5.75 Å². The highest BCUT2D eigenvalue weighted by molar-refractivity contribution is 7.80. The van der Waals surface area contributed by atoms with Crippen LogP contribution in [0.4, 0.5) is 0 Å². The summed E-state index contributed by atoms with van der Waals surface area (Å²) in [6.07, 6.45) is 3.91. The molecule has 1 aromatic heterocycles. The number of amides is 2. The van der Waals surface area contributed by atoms with Gasteiger partial charge < -0.3 is 15.3 Å². The lowest BCUT2D eigenvalue weighted by molar-refractivity contribution is -0.138. The normalized spacial score (nSPS) is 12.6. The number of aromatic amines is 1. The summed E-state index contributed by atoms with van der Waals surface area (Å²) in [5.74, 6) is 0.913. The minimum absolute atomic E-state index is 0.123. The number of hydrogen-bond acceptors (Lipinski definition) is 7. The second-order valence-electron chi connectivity index (χ2n) is 11.9. The van der Waals surface area contributed by atoms with Gasteiger partial charge in [0.25, 0.3) is 0 Å². The number of nitrogens with zero attached hydrogens (tertiary/aromatic N) is 4. The first kappa shape index (κ1) is 33.7. The number of tetrazole rings is 1. The maximum Gasteiger partial charge on any atom is 0.245 e. The Kier molecular flexibility index (Phi) is 12.6. The van der Waals surface area contributed by atoms with Gasteiger partial charge >= 0.3 is 0 Å². The molecule has 2 atom stereocenters. The molecule has 0 spiro atoms. The van der Waals surface area contributed by atoms with Crippen molar-refractivity contribution in [3.8, 4) is 28.3 Å². The predicted molar refractivity (Wildman–Crippen MR) is 181 cm³/mol. The van der Waals surface area contributed by atoms with E-state index in [4.69, 9.17) is 0 Å². The predicted octanol–water partition coefficient (Wildman–Crippen LogP) is 6.08. The topological polar surface area (TPSA) is 124 Å². The van der Waals surface area contributed by atoms with Crippen molar-refractivity contribution in [2.45, 2.75) is 65.5 Å². The highest BCUT2D eigenvalue weighted by Crippen LogP contribution is 2.30. The third-order valence-corrected chi connectivity index (χ3v) is 8.29. The Labute approximate surface area is 271 Å². The Morgan fingerprint density at radius 3 is 2.27 bits per heavy atom. The number of unbranched alkanes of at least 4 members (excludes halogenated alkanes) is 2. The van der Waals surface area contributed by atoms with Crippen LogP contribution in [0.3, 0.4) is 0 Å².